The van der Waals surface area contributed by atoms with E-state index in [0.29, 0.717) is 11.1 Å². The lowest BCUT2D eigenvalue weighted by molar-refractivity contribution is 0.0367. The normalized spacial score (nSPS) is 16.6. The summed E-state index contributed by atoms with van der Waals surface area (Å²) >= 11 is 0. The first-order valence-corrected chi connectivity index (χ1v) is 6.27. The Kier molecular flexibility index (Phi) is 2.99. The van der Waals surface area contributed by atoms with E-state index in [2.05, 4.69) is 0 Å². The number of carbonyl (C=O) groups is 2. The summed E-state index contributed by atoms with van der Waals surface area (Å²) in [6.07, 6.45) is -0.423. The van der Waals surface area contributed by atoms with Gasteiger partial charge in [-0.3, -0.25) is 4.79 Å². The first kappa shape index (κ1) is 12.4. The Morgan fingerprint density at radius 3 is 2.55 bits per heavy atom. The molecule has 1 unspecified atom stereocenters. The minimum absolute atomic E-state index is 0.105. The van der Waals surface area contributed by atoms with Gasteiger partial charge in [-0.25, -0.2) is 4.79 Å². The van der Waals surface area contributed by atoms with Crippen LogP contribution in [0.1, 0.15) is 38.8 Å². The summed E-state index contributed by atoms with van der Waals surface area (Å²) in [5.41, 5.74) is 1.77. The number of benzene rings is 2. The standard InChI is InChI=1S/C16H12O4/c17-11-7-5-10(6-8-11)14(18)9-15-12-3-1-2-4-13(12)16(19)20-15/h1-8,15,17H,9H2. The largest absolute Gasteiger partial charge is 0.508 e. The molecule has 1 aliphatic heterocycles. The molecule has 1 atom stereocenters. The van der Waals surface area contributed by atoms with Crippen LogP contribution in [-0.4, -0.2) is 16.9 Å². The number of cyclic esters (lactones) is 1. The number of esters is 1. The molecule has 1 N–H and O–H groups in total. The second kappa shape index (κ2) is 4.81. The Bertz CT molecular complexity index is 673. The molecule has 1 aliphatic rings. The topological polar surface area (TPSA) is 63.6 Å². The maximum Gasteiger partial charge on any atom is 0.339 e. The van der Waals surface area contributed by atoms with Crippen molar-refractivity contribution in [2.45, 2.75) is 12.5 Å². The molecule has 0 radical (unpaired) electrons. The minimum Gasteiger partial charge on any atom is -0.508 e. The molecule has 1 heterocycles. The molecule has 3 rings (SSSR count). The molecule has 0 aromatic heterocycles. The maximum atomic E-state index is 12.2. The van der Waals surface area contributed by atoms with Crippen molar-refractivity contribution < 1.29 is 19.4 Å². The first-order chi connectivity index (χ1) is 9.65. The van der Waals surface area contributed by atoms with Crippen LogP contribution in [0, 0.1) is 0 Å². The molecule has 0 amide bonds. The summed E-state index contributed by atoms with van der Waals surface area (Å²) in [4.78, 5) is 23.8. The molecular formula is C16H12O4. The Hall–Kier alpha value is -2.62. The van der Waals surface area contributed by atoms with Crippen LogP contribution >= 0.6 is 0 Å². The number of hydrogen-bond donors (Lipinski definition) is 1. The van der Waals surface area contributed by atoms with Gasteiger partial charge in [0.15, 0.2) is 5.78 Å². The van der Waals surface area contributed by atoms with E-state index < -0.39 is 6.10 Å². The Morgan fingerprint density at radius 2 is 1.80 bits per heavy atom. The van der Waals surface area contributed by atoms with Crippen LogP contribution in [0.25, 0.3) is 0 Å². The molecule has 4 nitrogen and oxygen atoms in total. The van der Waals surface area contributed by atoms with Gasteiger partial charge in [0.1, 0.15) is 11.9 Å². The zero-order valence-corrected chi connectivity index (χ0v) is 10.6. The van der Waals surface area contributed by atoms with Gasteiger partial charge >= 0.3 is 5.97 Å². The van der Waals surface area contributed by atoms with Crippen molar-refractivity contribution >= 4 is 11.8 Å². The number of carbonyl (C=O) groups excluding carboxylic acids is 2. The van der Waals surface area contributed by atoms with E-state index in [-0.39, 0.29) is 23.9 Å². The number of fused-ring (bicyclic) bond motifs is 1. The van der Waals surface area contributed by atoms with E-state index in [4.69, 9.17) is 4.74 Å². The molecular weight excluding hydrogens is 256 g/mol. The highest BCUT2D eigenvalue weighted by atomic mass is 16.5. The van der Waals surface area contributed by atoms with E-state index in [1.807, 2.05) is 6.07 Å². The highest BCUT2D eigenvalue weighted by Crippen LogP contribution is 2.33. The number of rotatable bonds is 3. The SMILES string of the molecule is O=C(CC1OC(=O)c2ccccc21)c1ccc(O)cc1. The van der Waals surface area contributed by atoms with Gasteiger partial charge in [-0.2, -0.15) is 0 Å². The summed E-state index contributed by atoms with van der Waals surface area (Å²) in [6, 6.07) is 13.1. The van der Waals surface area contributed by atoms with Gasteiger partial charge in [-0.05, 0) is 30.3 Å². The molecule has 0 fully saturated rings. The minimum atomic E-state index is -0.528. The van der Waals surface area contributed by atoms with E-state index in [1.54, 1.807) is 30.3 Å². The van der Waals surface area contributed by atoms with Crippen molar-refractivity contribution in [3.63, 3.8) is 0 Å². The Balaban J connectivity index is 1.81. The number of aromatic hydroxyl groups is 1. The number of ether oxygens (including phenoxy) is 1. The van der Waals surface area contributed by atoms with E-state index in [9.17, 15) is 14.7 Å². The van der Waals surface area contributed by atoms with E-state index in [1.165, 1.54) is 12.1 Å². The van der Waals surface area contributed by atoms with Crippen LogP contribution in [0.4, 0.5) is 0 Å². The van der Waals surface area contributed by atoms with Crippen LogP contribution in [0.5, 0.6) is 5.75 Å². The van der Waals surface area contributed by atoms with Gasteiger partial charge in [0, 0.05) is 11.1 Å². The van der Waals surface area contributed by atoms with E-state index in [0.717, 1.165) is 5.56 Å². The van der Waals surface area contributed by atoms with Gasteiger partial charge in [-0.15, -0.1) is 0 Å². The number of hydrogen-bond acceptors (Lipinski definition) is 4. The monoisotopic (exact) mass is 268 g/mol. The predicted octanol–water partition coefficient (Wildman–Crippen LogP) is 2.88. The van der Waals surface area contributed by atoms with Crippen LogP contribution in [0.2, 0.25) is 0 Å². The lowest BCUT2D eigenvalue weighted by Crippen LogP contribution is -2.07. The van der Waals surface area contributed by atoms with Crippen LogP contribution in [0.15, 0.2) is 48.5 Å². The zero-order chi connectivity index (χ0) is 14.1. The van der Waals surface area contributed by atoms with E-state index >= 15 is 0 Å². The smallest absolute Gasteiger partial charge is 0.339 e. The van der Waals surface area contributed by atoms with Gasteiger partial charge in [-0.1, -0.05) is 18.2 Å². The molecule has 2 aromatic rings. The predicted molar refractivity (Wildman–Crippen MR) is 71.7 cm³/mol. The maximum absolute atomic E-state index is 12.2. The second-order valence-electron chi connectivity index (χ2n) is 4.66. The Labute approximate surface area is 115 Å². The number of Topliss-reactive ketones (excluding diaryl/α,β-unsaturated/α-hetero) is 1. The van der Waals surface area contributed by atoms with Gasteiger partial charge in [0.05, 0.1) is 12.0 Å². The van der Waals surface area contributed by atoms with Gasteiger partial charge in [0.2, 0.25) is 0 Å². The fraction of sp³-hybridized carbons (Fsp3) is 0.125. The zero-order valence-electron chi connectivity index (χ0n) is 10.6. The molecule has 0 bridgehead atoms. The molecule has 4 heteroatoms. The second-order valence-corrected chi connectivity index (χ2v) is 4.66. The molecule has 0 spiro atoms. The van der Waals surface area contributed by atoms with Crippen molar-refractivity contribution in [2.75, 3.05) is 0 Å². The molecule has 20 heavy (non-hydrogen) atoms. The summed E-state index contributed by atoms with van der Waals surface area (Å²) in [6.45, 7) is 0. The third kappa shape index (κ3) is 2.16. The average molecular weight is 268 g/mol. The van der Waals surface area contributed by atoms with Crippen molar-refractivity contribution in [2.24, 2.45) is 0 Å². The highest BCUT2D eigenvalue weighted by molar-refractivity contribution is 5.99. The van der Waals surface area contributed by atoms with Crippen LogP contribution < -0.4 is 0 Å². The van der Waals surface area contributed by atoms with Crippen molar-refractivity contribution in [3.8, 4) is 5.75 Å². The summed E-state index contributed by atoms with van der Waals surface area (Å²) in [5, 5.41) is 9.21. The fourth-order valence-electron chi connectivity index (χ4n) is 2.31. The third-order valence-electron chi connectivity index (χ3n) is 3.34. The van der Waals surface area contributed by atoms with Crippen molar-refractivity contribution in [3.05, 3.63) is 65.2 Å². The molecule has 0 aliphatic carbocycles. The fourth-order valence-corrected chi connectivity index (χ4v) is 2.31. The molecule has 100 valence electrons. The van der Waals surface area contributed by atoms with Gasteiger partial charge in [0.25, 0.3) is 0 Å². The first-order valence-electron chi connectivity index (χ1n) is 6.27. The molecule has 0 saturated carbocycles. The lowest BCUT2D eigenvalue weighted by Gasteiger charge is -2.09. The quantitative estimate of drug-likeness (QED) is 0.686. The third-order valence-corrected chi connectivity index (χ3v) is 3.34. The summed E-state index contributed by atoms with van der Waals surface area (Å²) in [7, 11) is 0. The summed E-state index contributed by atoms with van der Waals surface area (Å²) < 4.78 is 5.24. The Morgan fingerprint density at radius 1 is 1.10 bits per heavy atom. The molecule has 2 aromatic carbocycles. The average Bonchev–Trinajstić information content (AvgIpc) is 2.77. The van der Waals surface area contributed by atoms with Gasteiger partial charge < -0.3 is 9.84 Å². The molecule has 0 saturated heterocycles. The van der Waals surface area contributed by atoms with Crippen molar-refractivity contribution in [1.82, 2.24) is 0 Å². The van der Waals surface area contributed by atoms with Crippen LogP contribution in [-0.2, 0) is 4.74 Å². The number of phenolic OH excluding ortho intramolecular Hbond substituents is 1. The highest BCUT2D eigenvalue weighted by Gasteiger charge is 2.32. The number of ketones is 1. The number of phenols is 1. The van der Waals surface area contributed by atoms with Crippen LogP contribution in [0.3, 0.4) is 0 Å². The lowest BCUT2D eigenvalue weighted by atomic mass is 9.98. The summed E-state index contributed by atoms with van der Waals surface area (Å²) in [5.74, 6) is -0.400. The van der Waals surface area contributed by atoms with Crippen molar-refractivity contribution in [1.29, 1.82) is 0 Å².